The molecule has 1 aromatic carbocycles. The Bertz CT molecular complexity index is 677. The van der Waals surface area contributed by atoms with E-state index < -0.39 is 5.97 Å². The molecule has 8 heteroatoms. The minimum Gasteiger partial charge on any atom is -0.493 e. The molecule has 0 aliphatic heterocycles. The Kier molecular flexibility index (Phi) is 9.18. The van der Waals surface area contributed by atoms with Gasteiger partial charge < -0.3 is 19.5 Å². The summed E-state index contributed by atoms with van der Waals surface area (Å²) < 4.78 is 15.9. The summed E-state index contributed by atoms with van der Waals surface area (Å²) in [6.07, 6.45) is 8.14. The van der Waals surface area contributed by atoms with Gasteiger partial charge in [0.15, 0.2) is 11.5 Å². The Morgan fingerprint density at radius 2 is 1.55 bits per heavy atom. The quantitative estimate of drug-likeness (QED) is 0.379. The van der Waals surface area contributed by atoms with Crippen LogP contribution in [0.5, 0.6) is 17.2 Å². The van der Waals surface area contributed by atoms with Crippen molar-refractivity contribution in [2.45, 2.75) is 57.1 Å². The first-order valence-corrected chi connectivity index (χ1v) is 10.7. The Labute approximate surface area is 175 Å². The second-order valence-electron chi connectivity index (χ2n) is 7.53. The fourth-order valence-electron chi connectivity index (χ4n) is 3.46. The topological polar surface area (TPSA) is 85.9 Å². The molecule has 0 saturated heterocycles. The maximum Gasteiger partial charge on any atom is 0.331 e. The van der Waals surface area contributed by atoms with E-state index in [-0.39, 0.29) is 30.0 Å². The van der Waals surface area contributed by atoms with E-state index in [9.17, 15) is 9.59 Å². The third kappa shape index (κ3) is 7.48. The van der Waals surface area contributed by atoms with Crippen LogP contribution in [0.3, 0.4) is 0 Å². The van der Waals surface area contributed by atoms with E-state index in [1.165, 1.54) is 33.5 Å². The van der Waals surface area contributed by atoms with Gasteiger partial charge in [-0.2, -0.15) is 0 Å². The zero-order valence-corrected chi connectivity index (χ0v) is 18.8. The van der Waals surface area contributed by atoms with Crippen molar-refractivity contribution in [2.24, 2.45) is 0 Å². The van der Waals surface area contributed by atoms with Crippen molar-refractivity contribution >= 4 is 21.1 Å². The van der Waals surface area contributed by atoms with Crippen molar-refractivity contribution in [3.63, 3.8) is 0 Å². The first kappa shape index (κ1) is 23.4. The number of carbonyl (C=O) groups is 2. The predicted octanol–water partition coefficient (Wildman–Crippen LogP) is 2.94. The molecule has 7 nitrogen and oxygen atoms in total. The molecule has 0 spiro atoms. The monoisotopic (exact) mass is 424 g/mol. The molecule has 0 heterocycles. The molecule has 1 amide bonds. The molecule has 29 heavy (non-hydrogen) atoms. The van der Waals surface area contributed by atoms with Gasteiger partial charge in [0.2, 0.25) is 11.7 Å². The lowest BCUT2D eigenvalue weighted by Gasteiger charge is -2.32. The summed E-state index contributed by atoms with van der Waals surface area (Å²) in [6.45, 7) is 1.82. The van der Waals surface area contributed by atoms with E-state index in [1.54, 1.807) is 12.1 Å². The van der Waals surface area contributed by atoms with Crippen LogP contribution in [0.1, 0.15) is 50.5 Å². The molecule has 1 unspecified atom stereocenters. The summed E-state index contributed by atoms with van der Waals surface area (Å²) in [7, 11) is 5.87. The van der Waals surface area contributed by atoms with Gasteiger partial charge in [0.25, 0.3) is 0 Å². The summed E-state index contributed by atoms with van der Waals surface area (Å²) in [4.78, 5) is 24.4. The standard InChI is InChI=1S/C21H33N2O5P/c1-15-11-16(26-2)20(17(12-15)27-3)28-19(25)14-22-18(24)13-23-21(29)9-7-5-4-6-8-10-21/h11-12,23H,4-10,13-14,29H2,1-3H3,(H,22,24). The summed E-state index contributed by atoms with van der Waals surface area (Å²) >= 11 is 0. The molecule has 162 valence electrons. The molecular weight excluding hydrogens is 391 g/mol. The normalized spacial score (nSPS) is 16.3. The van der Waals surface area contributed by atoms with Gasteiger partial charge in [-0.05, 0) is 37.5 Å². The van der Waals surface area contributed by atoms with Crippen molar-refractivity contribution in [3.05, 3.63) is 17.7 Å². The fraction of sp³-hybridized carbons (Fsp3) is 0.619. The lowest BCUT2D eigenvalue weighted by Crippen LogP contribution is -2.46. The van der Waals surface area contributed by atoms with Crippen molar-refractivity contribution < 1.29 is 23.8 Å². The summed E-state index contributed by atoms with van der Waals surface area (Å²) in [5.41, 5.74) is 0.915. The molecule has 1 atom stereocenters. The molecule has 1 aromatic rings. The number of hydrogen-bond acceptors (Lipinski definition) is 6. The summed E-state index contributed by atoms with van der Waals surface area (Å²) in [5, 5.41) is 5.84. The number of rotatable bonds is 8. The Morgan fingerprint density at radius 1 is 1.00 bits per heavy atom. The van der Waals surface area contributed by atoms with Gasteiger partial charge in [-0.25, -0.2) is 4.79 Å². The highest BCUT2D eigenvalue weighted by Gasteiger charge is 2.25. The minimum absolute atomic E-state index is 0.110. The van der Waals surface area contributed by atoms with Crippen LogP contribution in [-0.4, -0.2) is 44.5 Å². The van der Waals surface area contributed by atoms with Crippen LogP contribution in [0.4, 0.5) is 0 Å². The van der Waals surface area contributed by atoms with Gasteiger partial charge in [0.1, 0.15) is 6.54 Å². The van der Waals surface area contributed by atoms with Gasteiger partial charge in [-0.15, -0.1) is 9.24 Å². The molecule has 2 N–H and O–H groups in total. The largest absolute Gasteiger partial charge is 0.493 e. The van der Waals surface area contributed by atoms with Crippen LogP contribution in [0.25, 0.3) is 0 Å². The Morgan fingerprint density at radius 3 is 2.10 bits per heavy atom. The van der Waals surface area contributed by atoms with Gasteiger partial charge in [0, 0.05) is 5.28 Å². The van der Waals surface area contributed by atoms with Crippen LogP contribution in [0, 0.1) is 6.92 Å². The Hall–Kier alpha value is -1.85. The molecule has 1 aliphatic rings. The number of carbonyl (C=O) groups excluding carboxylic acids is 2. The number of amides is 1. The van der Waals surface area contributed by atoms with E-state index in [0.29, 0.717) is 11.5 Å². The van der Waals surface area contributed by atoms with Crippen LogP contribution in [0.15, 0.2) is 12.1 Å². The number of hydrogen-bond donors (Lipinski definition) is 2. The zero-order valence-electron chi connectivity index (χ0n) is 17.6. The van der Waals surface area contributed by atoms with Crippen molar-refractivity contribution in [1.82, 2.24) is 10.6 Å². The lowest BCUT2D eigenvalue weighted by atomic mass is 9.96. The molecule has 0 radical (unpaired) electrons. The summed E-state index contributed by atoms with van der Waals surface area (Å²) in [5.74, 6) is 0.172. The van der Waals surface area contributed by atoms with E-state index in [1.807, 2.05) is 6.92 Å². The third-order valence-corrected chi connectivity index (χ3v) is 5.88. The first-order chi connectivity index (χ1) is 13.9. The maximum atomic E-state index is 12.2. The van der Waals surface area contributed by atoms with Gasteiger partial charge in [0.05, 0.1) is 20.8 Å². The van der Waals surface area contributed by atoms with Gasteiger partial charge >= 0.3 is 5.97 Å². The maximum absolute atomic E-state index is 12.2. The minimum atomic E-state index is -0.592. The molecule has 1 saturated carbocycles. The predicted molar refractivity (Wildman–Crippen MR) is 116 cm³/mol. The zero-order chi connectivity index (χ0) is 21.3. The van der Waals surface area contributed by atoms with Crippen LogP contribution >= 0.6 is 9.24 Å². The van der Waals surface area contributed by atoms with Crippen LogP contribution < -0.4 is 24.8 Å². The molecule has 2 rings (SSSR count). The number of ether oxygens (including phenoxy) is 3. The van der Waals surface area contributed by atoms with Crippen molar-refractivity contribution in [1.29, 1.82) is 0 Å². The van der Waals surface area contributed by atoms with E-state index >= 15 is 0 Å². The smallest absolute Gasteiger partial charge is 0.331 e. The van der Waals surface area contributed by atoms with Gasteiger partial charge in [-0.3, -0.25) is 10.1 Å². The average Bonchev–Trinajstić information content (AvgIpc) is 2.69. The SMILES string of the molecule is COc1cc(C)cc(OC)c1OC(=O)CNC(=O)CNC1(P)CCCCCCC1. The second-order valence-corrected chi connectivity index (χ2v) is 8.63. The van der Waals surface area contributed by atoms with Crippen LogP contribution in [-0.2, 0) is 9.59 Å². The highest BCUT2D eigenvalue weighted by Crippen LogP contribution is 2.38. The highest BCUT2D eigenvalue weighted by atomic mass is 31.0. The van der Waals surface area contributed by atoms with Crippen molar-refractivity contribution in [3.8, 4) is 17.2 Å². The number of methoxy groups -OCH3 is 2. The van der Waals surface area contributed by atoms with Crippen molar-refractivity contribution in [2.75, 3.05) is 27.3 Å². The number of nitrogens with one attached hydrogen (secondary N) is 2. The lowest BCUT2D eigenvalue weighted by molar-refractivity contribution is -0.135. The summed E-state index contributed by atoms with van der Waals surface area (Å²) in [6, 6.07) is 3.50. The van der Waals surface area contributed by atoms with Crippen LogP contribution in [0.2, 0.25) is 0 Å². The number of aryl methyl sites for hydroxylation is 1. The Balaban J connectivity index is 1.84. The molecular formula is C21H33N2O5P. The van der Waals surface area contributed by atoms with E-state index in [2.05, 4.69) is 19.9 Å². The molecule has 0 bridgehead atoms. The molecule has 1 aliphatic carbocycles. The number of benzene rings is 1. The second kappa shape index (κ2) is 11.4. The van der Waals surface area contributed by atoms with Gasteiger partial charge in [-0.1, -0.05) is 32.1 Å². The number of esters is 1. The average molecular weight is 424 g/mol. The molecule has 0 aromatic heterocycles. The van der Waals surface area contributed by atoms with E-state index in [4.69, 9.17) is 14.2 Å². The fourth-order valence-corrected chi connectivity index (χ4v) is 3.97. The molecule has 1 fully saturated rings. The van der Waals surface area contributed by atoms with E-state index in [0.717, 1.165) is 31.2 Å². The first-order valence-electron chi connectivity index (χ1n) is 10.1. The highest BCUT2D eigenvalue weighted by molar-refractivity contribution is 7.18. The third-order valence-electron chi connectivity index (χ3n) is 5.10.